The summed E-state index contributed by atoms with van der Waals surface area (Å²) in [6.45, 7) is 0. The Morgan fingerprint density at radius 3 is 2.40 bits per heavy atom. The second-order valence-electron chi connectivity index (χ2n) is 6.12. The molecular formula is C19H18N2O3S. The van der Waals surface area contributed by atoms with Gasteiger partial charge in [0, 0.05) is 11.3 Å². The van der Waals surface area contributed by atoms with Gasteiger partial charge in [-0.05, 0) is 55.3 Å². The van der Waals surface area contributed by atoms with Crippen LogP contribution in [0.4, 0.5) is 5.69 Å². The molecule has 3 rings (SSSR count). The molecular weight excluding hydrogens is 336 g/mol. The minimum absolute atomic E-state index is 0.247. The van der Waals surface area contributed by atoms with Crippen molar-refractivity contribution in [3.05, 3.63) is 59.7 Å². The number of nitrogens with zero attached hydrogens (tertiary/aromatic N) is 1. The third-order valence-corrected chi connectivity index (χ3v) is 6.70. The fraction of sp³-hybridized carbons (Fsp3) is 0.263. The summed E-state index contributed by atoms with van der Waals surface area (Å²) in [5.41, 5.74) is 1.32. The summed E-state index contributed by atoms with van der Waals surface area (Å²) < 4.78 is 25.3. The highest BCUT2D eigenvalue weighted by Gasteiger charge is 2.30. The molecule has 1 N–H and O–H groups in total. The Morgan fingerprint density at radius 2 is 1.76 bits per heavy atom. The molecule has 25 heavy (non-hydrogen) atoms. The maximum Gasteiger partial charge on any atom is 0.255 e. The Balaban J connectivity index is 1.79. The summed E-state index contributed by atoms with van der Waals surface area (Å²) in [7, 11) is -3.36. The number of hydrogen-bond donors (Lipinski definition) is 1. The molecule has 1 aliphatic carbocycles. The van der Waals surface area contributed by atoms with Crippen LogP contribution in [0.15, 0.2) is 53.4 Å². The lowest BCUT2D eigenvalue weighted by Crippen LogP contribution is -2.18. The highest BCUT2D eigenvalue weighted by atomic mass is 32.2. The molecule has 1 aliphatic rings. The number of hydrogen-bond acceptors (Lipinski definition) is 4. The SMILES string of the molecule is N#Cc1ccc(C(=O)Nc2cccc(S(=O)(=O)C3CCCC3)c2)cc1. The van der Waals surface area contributed by atoms with Crippen molar-refractivity contribution in [3.8, 4) is 6.07 Å². The minimum Gasteiger partial charge on any atom is -0.322 e. The average Bonchev–Trinajstić information content (AvgIpc) is 3.17. The molecule has 2 aromatic rings. The van der Waals surface area contributed by atoms with Gasteiger partial charge < -0.3 is 5.32 Å². The van der Waals surface area contributed by atoms with Gasteiger partial charge in [0.1, 0.15) is 0 Å². The van der Waals surface area contributed by atoms with Crippen LogP contribution in [0, 0.1) is 11.3 Å². The van der Waals surface area contributed by atoms with Crippen molar-refractivity contribution < 1.29 is 13.2 Å². The molecule has 0 aromatic heterocycles. The number of carbonyl (C=O) groups is 1. The number of nitriles is 1. The topological polar surface area (TPSA) is 87.0 Å². The normalized spacial score (nSPS) is 14.8. The number of sulfone groups is 1. The first-order chi connectivity index (χ1) is 12.0. The quantitative estimate of drug-likeness (QED) is 0.910. The van der Waals surface area contributed by atoms with Gasteiger partial charge in [-0.25, -0.2) is 8.42 Å². The van der Waals surface area contributed by atoms with Gasteiger partial charge >= 0.3 is 0 Å². The van der Waals surface area contributed by atoms with Gasteiger partial charge in [-0.15, -0.1) is 0 Å². The van der Waals surface area contributed by atoms with Crippen LogP contribution in [0.5, 0.6) is 0 Å². The smallest absolute Gasteiger partial charge is 0.255 e. The van der Waals surface area contributed by atoms with Crippen molar-refractivity contribution in [2.24, 2.45) is 0 Å². The predicted octanol–water partition coefficient (Wildman–Crippen LogP) is 3.53. The van der Waals surface area contributed by atoms with Gasteiger partial charge in [-0.1, -0.05) is 18.9 Å². The van der Waals surface area contributed by atoms with E-state index in [1.54, 1.807) is 42.5 Å². The number of carbonyl (C=O) groups excluding carboxylic acids is 1. The number of amides is 1. The molecule has 128 valence electrons. The number of benzene rings is 2. The maximum atomic E-state index is 12.7. The minimum atomic E-state index is -3.36. The zero-order valence-electron chi connectivity index (χ0n) is 13.6. The van der Waals surface area contributed by atoms with E-state index in [4.69, 9.17) is 5.26 Å². The van der Waals surface area contributed by atoms with Crippen LogP contribution >= 0.6 is 0 Å². The second-order valence-corrected chi connectivity index (χ2v) is 8.35. The highest BCUT2D eigenvalue weighted by Crippen LogP contribution is 2.30. The van der Waals surface area contributed by atoms with Gasteiger partial charge in [0.15, 0.2) is 9.84 Å². The molecule has 0 bridgehead atoms. The fourth-order valence-electron chi connectivity index (χ4n) is 3.04. The van der Waals surface area contributed by atoms with E-state index >= 15 is 0 Å². The van der Waals surface area contributed by atoms with Gasteiger partial charge in [-0.3, -0.25) is 4.79 Å². The second kappa shape index (κ2) is 7.08. The summed E-state index contributed by atoms with van der Waals surface area (Å²) in [6.07, 6.45) is 3.28. The zero-order valence-corrected chi connectivity index (χ0v) is 14.4. The molecule has 2 aromatic carbocycles. The molecule has 0 heterocycles. The molecule has 1 fully saturated rings. The first-order valence-electron chi connectivity index (χ1n) is 8.16. The largest absolute Gasteiger partial charge is 0.322 e. The fourth-order valence-corrected chi connectivity index (χ4v) is 4.94. The number of rotatable bonds is 4. The van der Waals surface area contributed by atoms with Crippen LogP contribution < -0.4 is 5.32 Å². The summed E-state index contributed by atoms with van der Waals surface area (Å²) in [5, 5.41) is 11.2. The number of nitrogens with one attached hydrogen (secondary N) is 1. The first-order valence-corrected chi connectivity index (χ1v) is 9.71. The van der Waals surface area contributed by atoms with Crippen molar-refractivity contribution in [1.29, 1.82) is 5.26 Å². The lowest BCUT2D eigenvalue weighted by molar-refractivity contribution is 0.102. The number of anilines is 1. The molecule has 0 aliphatic heterocycles. The van der Waals surface area contributed by atoms with E-state index in [2.05, 4.69) is 5.32 Å². The van der Waals surface area contributed by atoms with Crippen molar-refractivity contribution in [2.45, 2.75) is 35.8 Å². The molecule has 1 saturated carbocycles. The monoisotopic (exact) mass is 354 g/mol. The van der Waals surface area contributed by atoms with Crippen molar-refractivity contribution in [2.75, 3.05) is 5.32 Å². The molecule has 5 nitrogen and oxygen atoms in total. The van der Waals surface area contributed by atoms with Crippen LogP contribution in [0.3, 0.4) is 0 Å². The Bertz CT molecular complexity index is 922. The molecule has 0 unspecified atom stereocenters. The van der Waals surface area contributed by atoms with E-state index in [1.165, 1.54) is 6.07 Å². The van der Waals surface area contributed by atoms with Gasteiger partial charge in [0.25, 0.3) is 5.91 Å². The third kappa shape index (κ3) is 3.72. The van der Waals surface area contributed by atoms with Gasteiger partial charge in [0.2, 0.25) is 0 Å². The van der Waals surface area contributed by atoms with E-state index in [0.29, 0.717) is 29.7 Å². The third-order valence-electron chi connectivity index (χ3n) is 4.44. The Hall–Kier alpha value is -2.65. The molecule has 1 amide bonds. The van der Waals surface area contributed by atoms with E-state index in [1.807, 2.05) is 6.07 Å². The summed E-state index contributed by atoms with van der Waals surface area (Å²) in [6, 6.07) is 14.6. The van der Waals surface area contributed by atoms with E-state index in [-0.39, 0.29) is 16.1 Å². The van der Waals surface area contributed by atoms with Crippen molar-refractivity contribution >= 4 is 21.4 Å². The van der Waals surface area contributed by atoms with Gasteiger partial charge in [0.05, 0.1) is 21.8 Å². The molecule has 0 atom stereocenters. The van der Waals surface area contributed by atoms with Crippen LogP contribution in [0.1, 0.15) is 41.6 Å². The molecule has 6 heteroatoms. The van der Waals surface area contributed by atoms with E-state index in [0.717, 1.165) is 12.8 Å². The van der Waals surface area contributed by atoms with Crippen molar-refractivity contribution in [1.82, 2.24) is 0 Å². The van der Waals surface area contributed by atoms with Crippen LogP contribution in [0.25, 0.3) is 0 Å². The van der Waals surface area contributed by atoms with Gasteiger partial charge in [-0.2, -0.15) is 5.26 Å². The summed E-state index contributed by atoms with van der Waals surface area (Å²) >= 11 is 0. The Kier molecular flexibility index (Phi) is 4.86. The van der Waals surface area contributed by atoms with Crippen molar-refractivity contribution in [3.63, 3.8) is 0 Å². The Labute approximate surface area is 147 Å². The predicted molar refractivity (Wildman–Crippen MR) is 95.0 cm³/mol. The summed E-state index contributed by atoms with van der Waals surface area (Å²) in [5.74, 6) is -0.347. The van der Waals surface area contributed by atoms with Crippen LogP contribution in [-0.2, 0) is 9.84 Å². The van der Waals surface area contributed by atoms with Crippen LogP contribution in [0.2, 0.25) is 0 Å². The summed E-state index contributed by atoms with van der Waals surface area (Å²) in [4.78, 5) is 12.5. The highest BCUT2D eigenvalue weighted by molar-refractivity contribution is 7.92. The molecule has 0 saturated heterocycles. The molecule has 0 spiro atoms. The standard InChI is InChI=1S/C19H18N2O3S/c20-13-14-8-10-15(11-9-14)19(22)21-16-4-3-7-18(12-16)25(23,24)17-5-1-2-6-17/h3-4,7-12,17H,1-2,5-6H2,(H,21,22). The first kappa shape index (κ1) is 17.2. The van der Waals surface area contributed by atoms with Crippen LogP contribution in [-0.4, -0.2) is 19.6 Å². The maximum absolute atomic E-state index is 12.7. The Morgan fingerprint density at radius 1 is 1.08 bits per heavy atom. The lowest BCUT2D eigenvalue weighted by Gasteiger charge is -2.12. The zero-order chi connectivity index (χ0) is 17.9. The lowest BCUT2D eigenvalue weighted by atomic mass is 10.1. The van der Waals surface area contributed by atoms with E-state index < -0.39 is 9.84 Å². The van der Waals surface area contributed by atoms with E-state index in [9.17, 15) is 13.2 Å². The molecule has 0 radical (unpaired) electrons. The average molecular weight is 354 g/mol.